The highest BCUT2D eigenvalue weighted by Gasteiger charge is 2.07. The van der Waals surface area contributed by atoms with E-state index >= 15 is 0 Å². The van der Waals surface area contributed by atoms with Gasteiger partial charge in [-0.05, 0) is 50.1 Å². The summed E-state index contributed by atoms with van der Waals surface area (Å²) in [5, 5.41) is 6.07. The van der Waals surface area contributed by atoms with Crippen LogP contribution in [0.15, 0.2) is 30.3 Å². The van der Waals surface area contributed by atoms with Crippen LogP contribution >= 0.6 is 11.3 Å². The first-order valence-corrected chi connectivity index (χ1v) is 7.73. The van der Waals surface area contributed by atoms with Gasteiger partial charge in [0.05, 0.1) is 0 Å². The van der Waals surface area contributed by atoms with Crippen LogP contribution in [0.3, 0.4) is 0 Å². The van der Waals surface area contributed by atoms with Crippen LogP contribution in [0.2, 0.25) is 0 Å². The van der Waals surface area contributed by atoms with E-state index in [1.54, 1.807) is 0 Å². The second-order valence-electron chi connectivity index (χ2n) is 5.17. The van der Waals surface area contributed by atoms with Crippen LogP contribution in [0, 0.1) is 13.8 Å². The number of urea groups is 1. The molecule has 1 aromatic heterocycles. The first kappa shape index (κ1) is 15.5. The molecule has 21 heavy (non-hydrogen) atoms. The third-order valence-corrected chi connectivity index (χ3v) is 4.63. The summed E-state index contributed by atoms with van der Waals surface area (Å²) < 4.78 is 0. The van der Waals surface area contributed by atoms with Gasteiger partial charge in [-0.15, -0.1) is 11.3 Å². The van der Waals surface area contributed by atoms with E-state index in [-0.39, 0.29) is 6.04 Å². The fourth-order valence-electron chi connectivity index (χ4n) is 2.11. The van der Waals surface area contributed by atoms with Crippen molar-refractivity contribution in [3.63, 3.8) is 0 Å². The average Bonchev–Trinajstić information content (AvgIpc) is 2.75. The first-order valence-electron chi connectivity index (χ1n) is 6.91. The quantitative estimate of drug-likeness (QED) is 0.788. The Labute approximate surface area is 129 Å². The lowest BCUT2D eigenvalue weighted by Gasteiger charge is -2.14. The van der Waals surface area contributed by atoms with Crippen LogP contribution in [-0.4, -0.2) is 6.03 Å². The Morgan fingerprint density at radius 1 is 1.29 bits per heavy atom. The van der Waals surface area contributed by atoms with Gasteiger partial charge in [-0.2, -0.15) is 0 Å². The molecule has 1 unspecified atom stereocenters. The lowest BCUT2D eigenvalue weighted by Crippen LogP contribution is -2.19. The largest absolute Gasteiger partial charge is 0.351 e. The monoisotopic (exact) mass is 303 g/mol. The second-order valence-corrected chi connectivity index (χ2v) is 6.51. The molecule has 2 rings (SSSR count). The molecule has 112 valence electrons. The number of benzene rings is 1. The molecule has 0 fully saturated rings. The summed E-state index contributed by atoms with van der Waals surface area (Å²) in [6.45, 7) is 7.28. The lowest BCUT2D eigenvalue weighted by atomic mass is 10.1. The summed E-state index contributed by atoms with van der Waals surface area (Å²) in [5.74, 6) is 0. The van der Waals surface area contributed by atoms with Crippen molar-refractivity contribution in [1.82, 2.24) is 5.32 Å². The highest BCUT2D eigenvalue weighted by atomic mass is 32.1. The van der Waals surface area contributed by atoms with E-state index < -0.39 is 6.03 Å². The predicted octanol–water partition coefficient (Wildman–Crippen LogP) is 3.71. The van der Waals surface area contributed by atoms with E-state index in [1.165, 1.54) is 20.9 Å². The van der Waals surface area contributed by atoms with Crippen LogP contribution in [0.25, 0.3) is 0 Å². The van der Waals surface area contributed by atoms with E-state index in [0.29, 0.717) is 5.69 Å². The highest BCUT2D eigenvalue weighted by Crippen LogP contribution is 2.22. The summed E-state index contributed by atoms with van der Waals surface area (Å²) >= 11 is 1.84. The van der Waals surface area contributed by atoms with Crippen molar-refractivity contribution in [2.24, 2.45) is 5.73 Å². The number of nitrogens with one attached hydrogen (secondary N) is 2. The number of hydrogen-bond acceptors (Lipinski definition) is 3. The summed E-state index contributed by atoms with van der Waals surface area (Å²) in [6.07, 6.45) is 0. The van der Waals surface area contributed by atoms with E-state index in [0.717, 1.165) is 6.54 Å². The maximum Gasteiger partial charge on any atom is 0.316 e. The van der Waals surface area contributed by atoms with E-state index in [1.807, 2.05) is 35.6 Å². The molecule has 0 radical (unpaired) electrons. The number of hydrogen-bond donors (Lipinski definition) is 3. The zero-order valence-corrected chi connectivity index (χ0v) is 13.4. The molecule has 1 aromatic carbocycles. The molecule has 2 aromatic rings. The standard InChI is InChI=1S/C16H21N3OS/c1-10-8-15(21-12(10)3)9-18-11(2)13-4-6-14(7-5-13)19-16(17)20/h4-8,11,18H,9H2,1-3H3,(H3,17,19,20). The first-order chi connectivity index (χ1) is 9.95. The Bertz CT molecular complexity index is 599. The van der Waals surface area contributed by atoms with Crippen LogP contribution in [0.5, 0.6) is 0 Å². The van der Waals surface area contributed by atoms with Gasteiger partial charge in [-0.1, -0.05) is 12.1 Å². The van der Waals surface area contributed by atoms with Gasteiger partial charge < -0.3 is 16.4 Å². The summed E-state index contributed by atoms with van der Waals surface area (Å²) in [4.78, 5) is 13.5. The molecule has 1 heterocycles. The van der Waals surface area contributed by atoms with Crippen LogP contribution in [-0.2, 0) is 6.54 Å². The Kier molecular flexibility index (Phi) is 4.98. The van der Waals surface area contributed by atoms with Gasteiger partial charge in [0.1, 0.15) is 0 Å². The topological polar surface area (TPSA) is 67.2 Å². The number of thiophene rings is 1. The molecule has 4 nitrogen and oxygen atoms in total. The van der Waals surface area contributed by atoms with Crippen LogP contribution < -0.4 is 16.4 Å². The van der Waals surface area contributed by atoms with Crippen molar-refractivity contribution >= 4 is 23.1 Å². The van der Waals surface area contributed by atoms with E-state index in [9.17, 15) is 4.79 Å². The van der Waals surface area contributed by atoms with Crippen molar-refractivity contribution < 1.29 is 4.79 Å². The summed E-state index contributed by atoms with van der Waals surface area (Å²) in [6, 6.07) is 9.64. The van der Waals surface area contributed by atoms with Crippen molar-refractivity contribution in [2.75, 3.05) is 5.32 Å². The Morgan fingerprint density at radius 3 is 2.48 bits per heavy atom. The number of carbonyl (C=O) groups excluding carboxylic acids is 1. The highest BCUT2D eigenvalue weighted by molar-refractivity contribution is 7.12. The molecule has 0 spiro atoms. The number of amides is 2. The van der Waals surface area contributed by atoms with Gasteiger partial charge in [0.25, 0.3) is 0 Å². The Morgan fingerprint density at radius 2 is 1.95 bits per heavy atom. The summed E-state index contributed by atoms with van der Waals surface area (Å²) in [7, 11) is 0. The molecular weight excluding hydrogens is 282 g/mol. The number of carbonyl (C=O) groups is 1. The van der Waals surface area contributed by atoms with E-state index in [4.69, 9.17) is 5.73 Å². The molecule has 0 saturated carbocycles. The summed E-state index contributed by atoms with van der Waals surface area (Å²) in [5.41, 5.74) is 8.33. The molecule has 0 aliphatic rings. The van der Waals surface area contributed by atoms with Crippen molar-refractivity contribution in [3.05, 3.63) is 51.2 Å². The Hall–Kier alpha value is -1.85. The zero-order valence-electron chi connectivity index (χ0n) is 12.6. The SMILES string of the molecule is Cc1cc(CNC(C)c2ccc(NC(N)=O)cc2)sc1C. The molecule has 0 aliphatic carbocycles. The zero-order chi connectivity index (χ0) is 15.4. The third-order valence-electron chi connectivity index (χ3n) is 3.48. The van der Waals surface area contributed by atoms with Crippen molar-refractivity contribution in [3.8, 4) is 0 Å². The Balaban J connectivity index is 1.93. The maximum atomic E-state index is 10.8. The lowest BCUT2D eigenvalue weighted by molar-refractivity contribution is 0.259. The maximum absolute atomic E-state index is 10.8. The van der Waals surface area contributed by atoms with Gasteiger partial charge in [-0.25, -0.2) is 4.79 Å². The number of aryl methyl sites for hydroxylation is 2. The smallest absolute Gasteiger partial charge is 0.316 e. The minimum Gasteiger partial charge on any atom is -0.351 e. The van der Waals surface area contributed by atoms with E-state index in [2.05, 4.69) is 37.5 Å². The van der Waals surface area contributed by atoms with Crippen molar-refractivity contribution in [2.45, 2.75) is 33.4 Å². The van der Waals surface area contributed by atoms with Crippen LogP contribution in [0.4, 0.5) is 10.5 Å². The molecule has 0 saturated heterocycles. The van der Waals surface area contributed by atoms with Gasteiger partial charge in [0.15, 0.2) is 0 Å². The molecule has 0 aliphatic heterocycles. The van der Waals surface area contributed by atoms with Gasteiger partial charge in [-0.3, -0.25) is 0 Å². The second kappa shape index (κ2) is 6.74. The van der Waals surface area contributed by atoms with Gasteiger partial charge in [0.2, 0.25) is 0 Å². The predicted molar refractivity (Wildman–Crippen MR) is 88.7 cm³/mol. The number of anilines is 1. The number of primary amides is 1. The molecule has 5 heteroatoms. The molecule has 0 bridgehead atoms. The number of nitrogens with two attached hydrogens (primary N) is 1. The fraction of sp³-hybridized carbons (Fsp3) is 0.312. The molecule has 1 atom stereocenters. The molecular formula is C16H21N3OS. The normalized spacial score (nSPS) is 12.1. The van der Waals surface area contributed by atoms with Crippen molar-refractivity contribution in [1.29, 1.82) is 0 Å². The minimum atomic E-state index is -0.544. The third kappa shape index (κ3) is 4.31. The molecule has 2 amide bonds. The average molecular weight is 303 g/mol. The van der Waals surface area contributed by atoms with Gasteiger partial charge >= 0.3 is 6.03 Å². The number of rotatable bonds is 5. The minimum absolute atomic E-state index is 0.246. The van der Waals surface area contributed by atoms with Crippen LogP contribution in [0.1, 0.15) is 33.8 Å². The van der Waals surface area contributed by atoms with Gasteiger partial charge in [0, 0.05) is 28.0 Å². The molecule has 4 N–H and O–H groups in total. The fourth-order valence-corrected chi connectivity index (χ4v) is 3.11.